The third-order valence-corrected chi connectivity index (χ3v) is 5.98. The fraction of sp³-hybridized carbons (Fsp3) is 0.625. The van der Waals surface area contributed by atoms with Crippen LogP contribution in [0.1, 0.15) is 53.0 Å². The first-order valence-corrected chi connectivity index (χ1v) is 11.0. The van der Waals surface area contributed by atoms with Crippen LogP contribution < -0.4 is 0 Å². The molecule has 0 aliphatic carbocycles. The number of esters is 1. The lowest BCUT2D eigenvalue weighted by Gasteiger charge is -2.31. The molecule has 2 aliphatic heterocycles. The molecule has 2 heterocycles. The van der Waals surface area contributed by atoms with Gasteiger partial charge in [0.05, 0.1) is 5.41 Å². The minimum absolute atomic E-state index is 0.0612. The van der Waals surface area contributed by atoms with Gasteiger partial charge in [0.1, 0.15) is 18.2 Å². The third kappa shape index (κ3) is 5.20. The fourth-order valence-corrected chi connectivity index (χ4v) is 4.42. The minimum atomic E-state index is -0.635. The number of ether oxygens (including phenoxy) is 2. The zero-order valence-corrected chi connectivity index (χ0v) is 19.2. The molecule has 2 saturated heterocycles. The van der Waals surface area contributed by atoms with Gasteiger partial charge in [-0.3, -0.25) is 4.79 Å². The van der Waals surface area contributed by atoms with Gasteiger partial charge in [0.25, 0.3) is 0 Å². The van der Waals surface area contributed by atoms with Crippen molar-refractivity contribution in [3.05, 3.63) is 35.9 Å². The van der Waals surface area contributed by atoms with Crippen molar-refractivity contribution in [2.75, 3.05) is 19.6 Å². The molecule has 2 fully saturated rings. The Bertz CT molecular complexity index is 817. The van der Waals surface area contributed by atoms with Crippen LogP contribution in [0.4, 0.5) is 4.79 Å². The molecule has 1 aromatic rings. The zero-order valence-electron chi connectivity index (χ0n) is 19.2. The average Bonchev–Trinajstić information content (AvgIpc) is 3.26. The van der Waals surface area contributed by atoms with Crippen LogP contribution in [0, 0.1) is 11.3 Å². The molecule has 2 aliphatic rings. The van der Waals surface area contributed by atoms with E-state index in [2.05, 4.69) is 0 Å². The molecule has 7 nitrogen and oxygen atoms in total. The highest BCUT2D eigenvalue weighted by molar-refractivity contribution is 5.91. The number of nitrogens with zero attached hydrogens (tertiary/aromatic N) is 2. The predicted octanol–water partition coefficient (Wildman–Crippen LogP) is 3.61. The van der Waals surface area contributed by atoms with Crippen LogP contribution >= 0.6 is 0 Å². The molecule has 2 amide bonds. The summed E-state index contributed by atoms with van der Waals surface area (Å²) in [6, 6.07) is 8.87. The van der Waals surface area contributed by atoms with Crippen molar-refractivity contribution < 1.29 is 23.9 Å². The Hall–Kier alpha value is -2.57. The monoisotopic (exact) mass is 430 g/mol. The molecular weight excluding hydrogens is 396 g/mol. The number of likely N-dealkylation sites (tertiary alicyclic amines) is 2. The van der Waals surface area contributed by atoms with Crippen molar-refractivity contribution in [1.82, 2.24) is 9.80 Å². The van der Waals surface area contributed by atoms with Crippen LogP contribution in [-0.2, 0) is 25.7 Å². The average molecular weight is 431 g/mol. The highest BCUT2D eigenvalue weighted by Gasteiger charge is 2.54. The summed E-state index contributed by atoms with van der Waals surface area (Å²) in [4.78, 5) is 42.1. The van der Waals surface area contributed by atoms with Crippen LogP contribution in [0.3, 0.4) is 0 Å². The standard InChI is InChI=1S/C24H34N2O5/c1-17(2)19(20(27)30-15-18-9-7-6-8-10-18)26-14-12-24(21(26)28)11-13-25(16-24)22(29)31-23(3,4)5/h6-10,17,19H,11-16H2,1-5H3/t19?,24-/m0/s1. The Morgan fingerprint density at radius 1 is 1.10 bits per heavy atom. The van der Waals surface area contributed by atoms with Gasteiger partial charge in [0.15, 0.2) is 0 Å². The van der Waals surface area contributed by atoms with Crippen molar-refractivity contribution in [2.45, 2.75) is 65.7 Å². The van der Waals surface area contributed by atoms with Gasteiger partial charge < -0.3 is 19.3 Å². The minimum Gasteiger partial charge on any atom is -0.459 e. The number of benzene rings is 1. The topological polar surface area (TPSA) is 76.2 Å². The Labute approximate surface area is 184 Å². The molecule has 7 heteroatoms. The highest BCUT2D eigenvalue weighted by atomic mass is 16.6. The summed E-state index contributed by atoms with van der Waals surface area (Å²) in [7, 11) is 0. The van der Waals surface area contributed by atoms with E-state index in [1.165, 1.54) is 0 Å². The molecule has 3 rings (SSSR count). The van der Waals surface area contributed by atoms with Crippen LogP contribution in [0.15, 0.2) is 30.3 Å². The molecule has 1 unspecified atom stereocenters. The van der Waals surface area contributed by atoms with Gasteiger partial charge in [-0.1, -0.05) is 44.2 Å². The lowest BCUT2D eigenvalue weighted by atomic mass is 9.85. The van der Waals surface area contributed by atoms with E-state index in [9.17, 15) is 14.4 Å². The Balaban J connectivity index is 1.66. The molecule has 0 saturated carbocycles. The largest absolute Gasteiger partial charge is 0.459 e. The maximum atomic E-state index is 13.4. The van der Waals surface area contributed by atoms with Crippen molar-refractivity contribution in [3.8, 4) is 0 Å². The molecule has 0 N–H and O–H groups in total. The molecular formula is C24H34N2O5. The van der Waals surface area contributed by atoms with E-state index in [0.717, 1.165) is 5.56 Å². The number of rotatable bonds is 5. The van der Waals surface area contributed by atoms with Gasteiger partial charge in [-0.05, 0) is 45.1 Å². The Morgan fingerprint density at radius 3 is 2.35 bits per heavy atom. The van der Waals surface area contributed by atoms with Gasteiger partial charge in [-0.2, -0.15) is 0 Å². The van der Waals surface area contributed by atoms with Gasteiger partial charge in [-0.25, -0.2) is 9.59 Å². The summed E-state index contributed by atoms with van der Waals surface area (Å²) in [5, 5.41) is 0. The lowest BCUT2D eigenvalue weighted by Crippen LogP contribution is -2.49. The molecule has 1 spiro atoms. The van der Waals surface area contributed by atoms with E-state index in [4.69, 9.17) is 9.47 Å². The van der Waals surface area contributed by atoms with Gasteiger partial charge in [-0.15, -0.1) is 0 Å². The maximum Gasteiger partial charge on any atom is 0.410 e. The molecule has 31 heavy (non-hydrogen) atoms. The molecule has 170 valence electrons. The molecule has 1 aromatic carbocycles. The maximum absolute atomic E-state index is 13.4. The van der Waals surface area contributed by atoms with Gasteiger partial charge >= 0.3 is 12.1 Å². The second-order valence-corrected chi connectivity index (χ2v) is 9.96. The summed E-state index contributed by atoms with van der Waals surface area (Å²) in [5.41, 5.74) is -0.306. The highest BCUT2D eigenvalue weighted by Crippen LogP contribution is 2.42. The van der Waals surface area contributed by atoms with E-state index in [0.29, 0.717) is 32.5 Å². The van der Waals surface area contributed by atoms with E-state index in [1.807, 2.05) is 65.0 Å². The van der Waals surface area contributed by atoms with Crippen molar-refractivity contribution >= 4 is 18.0 Å². The van der Waals surface area contributed by atoms with Gasteiger partial charge in [0, 0.05) is 19.6 Å². The van der Waals surface area contributed by atoms with Crippen LogP contribution in [0.2, 0.25) is 0 Å². The lowest BCUT2D eigenvalue weighted by molar-refractivity contribution is -0.158. The summed E-state index contributed by atoms with van der Waals surface area (Å²) < 4.78 is 11.0. The molecule has 2 atom stereocenters. The van der Waals surface area contributed by atoms with Crippen LogP contribution in [-0.4, -0.2) is 59.0 Å². The van der Waals surface area contributed by atoms with E-state index in [-0.39, 0.29) is 24.4 Å². The molecule has 0 radical (unpaired) electrons. The molecule has 0 aromatic heterocycles. The summed E-state index contributed by atoms with van der Waals surface area (Å²) in [6.07, 6.45) is 0.824. The van der Waals surface area contributed by atoms with E-state index < -0.39 is 23.2 Å². The quantitative estimate of drug-likeness (QED) is 0.667. The first kappa shape index (κ1) is 23.1. The summed E-state index contributed by atoms with van der Waals surface area (Å²) >= 11 is 0. The molecule has 0 bridgehead atoms. The van der Waals surface area contributed by atoms with Crippen LogP contribution in [0.25, 0.3) is 0 Å². The second kappa shape index (κ2) is 8.89. The van der Waals surface area contributed by atoms with Crippen LogP contribution in [0.5, 0.6) is 0 Å². The van der Waals surface area contributed by atoms with E-state index >= 15 is 0 Å². The first-order chi connectivity index (χ1) is 14.5. The number of carbonyl (C=O) groups excluding carboxylic acids is 3. The Kier molecular flexibility index (Phi) is 6.62. The number of hydrogen-bond acceptors (Lipinski definition) is 5. The zero-order chi connectivity index (χ0) is 22.8. The Morgan fingerprint density at radius 2 is 1.74 bits per heavy atom. The fourth-order valence-electron chi connectivity index (χ4n) is 4.42. The number of amides is 2. The van der Waals surface area contributed by atoms with Crippen molar-refractivity contribution in [1.29, 1.82) is 0 Å². The second-order valence-electron chi connectivity index (χ2n) is 9.96. The third-order valence-electron chi connectivity index (χ3n) is 5.98. The summed E-state index contributed by atoms with van der Waals surface area (Å²) in [6.45, 7) is 10.8. The van der Waals surface area contributed by atoms with E-state index in [1.54, 1.807) is 9.80 Å². The smallest absolute Gasteiger partial charge is 0.410 e. The summed E-state index contributed by atoms with van der Waals surface area (Å²) in [5.74, 6) is -0.522. The first-order valence-electron chi connectivity index (χ1n) is 11.0. The normalized spacial score (nSPS) is 22.3. The van der Waals surface area contributed by atoms with Crippen molar-refractivity contribution in [3.63, 3.8) is 0 Å². The van der Waals surface area contributed by atoms with Crippen molar-refractivity contribution in [2.24, 2.45) is 11.3 Å². The SMILES string of the molecule is CC(C)C(C(=O)OCc1ccccc1)N1CC[C@]2(CCN(C(=O)OC(C)(C)C)C2)C1=O. The number of hydrogen-bond donors (Lipinski definition) is 0. The van der Waals surface area contributed by atoms with Gasteiger partial charge in [0.2, 0.25) is 5.91 Å². The predicted molar refractivity (Wildman–Crippen MR) is 116 cm³/mol. The number of carbonyl (C=O) groups is 3.